The molecule has 3 heteroatoms. The van der Waals surface area contributed by atoms with Gasteiger partial charge in [0, 0.05) is 34.0 Å². The summed E-state index contributed by atoms with van der Waals surface area (Å²) in [6.07, 6.45) is 4.37. The fraction of sp³-hybridized carbons (Fsp3) is 0.333. The van der Waals surface area contributed by atoms with Crippen LogP contribution in [-0.2, 0) is 6.54 Å². The van der Waals surface area contributed by atoms with Gasteiger partial charge < -0.3 is 4.57 Å². The van der Waals surface area contributed by atoms with Gasteiger partial charge in [-0.05, 0) is 37.1 Å². The van der Waals surface area contributed by atoms with E-state index in [1.54, 1.807) is 0 Å². The molecular weight excluding hydrogens is 273 g/mol. The molecule has 0 amide bonds. The highest BCUT2D eigenvalue weighted by atomic mass is 79.9. The molecule has 1 heterocycles. The van der Waals surface area contributed by atoms with E-state index < -0.39 is 0 Å². The van der Waals surface area contributed by atoms with E-state index in [2.05, 4.69) is 51.0 Å². The minimum atomic E-state index is 0.755. The lowest BCUT2D eigenvalue weighted by Gasteiger charge is -2.04. The minimum absolute atomic E-state index is 0.755. The largest absolute Gasteiger partial charge is 0.347 e. The first-order valence-electron chi connectivity index (χ1n) is 5.11. The number of hydrogen-bond acceptors (Lipinski definition) is 0. The maximum atomic E-state index is 5.67. The van der Waals surface area contributed by atoms with Gasteiger partial charge in [0.05, 0.1) is 0 Å². The van der Waals surface area contributed by atoms with E-state index in [1.165, 1.54) is 10.9 Å². The molecule has 0 bridgehead atoms. The van der Waals surface area contributed by atoms with Crippen molar-refractivity contribution in [3.8, 4) is 0 Å². The summed E-state index contributed by atoms with van der Waals surface area (Å²) in [4.78, 5) is 0. The van der Waals surface area contributed by atoms with Crippen LogP contribution in [0.2, 0.25) is 0 Å². The van der Waals surface area contributed by atoms with E-state index in [0.717, 1.165) is 29.7 Å². The number of benzene rings is 1. The number of alkyl halides is 1. The SMILES string of the molecule is ClCCCCn1ccc2cc(Br)ccc21. The highest BCUT2D eigenvalue weighted by Crippen LogP contribution is 2.21. The van der Waals surface area contributed by atoms with Crippen molar-refractivity contribution >= 4 is 38.4 Å². The van der Waals surface area contributed by atoms with Crippen molar-refractivity contribution in [3.63, 3.8) is 0 Å². The molecule has 2 rings (SSSR count). The van der Waals surface area contributed by atoms with Gasteiger partial charge in [0.15, 0.2) is 0 Å². The lowest BCUT2D eigenvalue weighted by atomic mass is 10.2. The number of halogens is 2. The van der Waals surface area contributed by atoms with E-state index in [4.69, 9.17) is 11.6 Å². The smallest absolute Gasteiger partial charge is 0.0481 e. The monoisotopic (exact) mass is 285 g/mol. The van der Waals surface area contributed by atoms with Gasteiger partial charge in [-0.1, -0.05) is 15.9 Å². The number of hydrogen-bond donors (Lipinski definition) is 0. The molecule has 1 nitrogen and oxygen atoms in total. The van der Waals surface area contributed by atoms with Crippen molar-refractivity contribution < 1.29 is 0 Å². The van der Waals surface area contributed by atoms with Crippen LogP contribution in [0.25, 0.3) is 10.9 Å². The first-order chi connectivity index (χ1) is 7.31. The molecule has 0 aliphatic rings. The fourth-order valence-electron chi connectivity index (χ4n) is 1.74. The van der Waals surface area contributed by atoms with E-state index in [9.17, 15) is 0 Å². The molecule has 0 spiro atoms. The van der Waals surface area contributed by atoms with Gasteiger partial charge in [-0.2, -0.15) is 0 Å². The highest BCUT2D eigenvalue weighted by molar-refractivity contribution is 9.10. The molecule has 1 aromatic carbocycles. The Morgan fingerprint density at radius 2 is 2.07 bits per heavy atom. The zero-order chi connectivity index (χ0) is 10.7. The first-order valence-corrected chi connectivity index (χ1v) is 6.44. The van der Waals surface area contributed by atoms with Gasteiger partial charge in [0.2, 0.25) is 0 Å². The number of aryl methyl sites for hydroxylation is 1. The molecule has 1 aromatic heterocycles. The highest BCUT2D eigenvalue weighted by Gasteiger charge is 2.00. The lowest BCUT2D eigenvalue weighted by Crippen LogP contribution is -1.95. The summed E-state index contributed by atoms with van der Waals surface area (Å²) in [5.41, 5.74) is 1.30. The van der Waals surface area contributed by atoms with Gasteiger partial charge in [0.1, 0.15) is 0 Å². The van der Waals surface area contributed by atoms with Crippen LogP contribution in [0.4, 0.5) is 0 Å². The van der Waals surface area contributed by atoms with E-state index in [-0.39, 0.29) is 0 Å². The van der Waals surface area contributed by atoms with Crippen LogP contribution in [-0.4, -0.2) is 10.4 Å². The van der Waals surface area contributed by atoms with Gasteiger partial charge in [-0.15, -0.1) is 11.6 Å². The van der Waals surface area contributed by atoms with Crippen LogP contribution >= 0.6 is 27.5 Å². The fourth-order valence-corrected chi connectivity index (χ4v) is 2.31. The van der Waals surface area contributed by atoms with Crippen LogP contribution in [0.5, 0.6) is 0 Å². The van der Waals surface area contributed by atoms with Crippen LogP contribution in [0.3, 0.4) is 0 Å². The molecule has 0 aliphatic carbocycles. The van der Waals surface area contributed by atoms with Gasteiger partial charge in [-0.3, -0.25) is 0 Å². The number of rotatable bonds is 4. The summed E-state index contributed by atoms with van der Waals surface area (Å²) in [5.74, 6) is 0.755. The maximum Gasteiger partial charge on any atom is 0.0481 e. The molecule has 0 aliphatic heterocycles. The van der Waals surface area contributed by atoms with Crippen molar-refractivity contribution in [2.75, 3.05) is 5.88 Å². The molecule has 0 N–H and O–H groups in total. The molecule has 80 valence electrons. The predicted octanol–water partition coefficient (Wildman–Crippen LogP) is 4.42. The van der Waals surface area contributed by atoms with Crippen LogP contribution in [0.15, 0.2) is 34.9 Å². The normalized spacial score (nSPS) is 11.1. The molecule has 0 fully saturated rings. The number of aromatic nitrogens is 1. The Labute approximate surface area is 103 Å². The molecule has 0 radical (unpaired) electrons. The molecular formula is C12H13BrClN. The van der Waals surface area contributed by atoms with Crippen molar-refractivity contribution in [3.05, 3.63) is 34.9 Å². The summed E-state index contributed by atoms with van der Waals surface area (Å²) >= 11 is 9.14. The molecule has 15 heavy (non-hydrogen) atoms. The lowest BCUT2D eigenvalue weighted by molar-refractivity contribution is 0.652. The predicted molar refractivity (Wildman–Crippen MR) is 69.6 cm³/mol. The average Bonchev–Trinajstić information content (AvgIpc) is 2.61. The minimum Gasteiger partial charge on any atom is -0.347 e. The second kappa shape index (κ2) is 5.04. The van der Waals surface area contributed by atoms with Gasteiger partial charge in [-0.25, -0.2) is 0 Å². The molecule has 0 saturated heterocycles. The molecule has 0 saturated carbocycles. The topological polar surface area (TPSA) is 4.93 Å². The van der Waals surface area contributed by atoms with E-state index >= 15 is 0 Å². The Balaban J connectivity index is 2.21. The maximum absolute atomic E-state index is 5.67. The first kappa shape index (κ1) is 11.0. The second-order valence-corrected chi connectivity index (χ2v) is 4.90. The quantitative estimate of drug-likeness (QED) is 0.579. The zero-order valence-electron chi connectivity index (χ0n) is 8.42. The van der Waals surface area contributed by atoms with E-state index in [1.807, 2.05) is 0 Å². The van der Waals surface area contributed by atoms with Crippen molar-refractivity contribution in [1.82, 2.24) is 4.57 Å². The standard InChI is InChI=1S/C12H13BrClN/c13-11-3-4-12-10(9-11)5-8-15(12)7-2-1-6-14/h3-5,8-9H,1-2,6-7H2. The molecule has 2 aromatic rings. The summed E-state index contributed by atoms with van der Waals surface area (Å²) in [6.45, 7) is 1.05. The van der Waals surface area contributed by atoms with Gasteiger partial charge >= 0.3 is 0 Å². The number of fused-ring (bicyclic) bond motifs is 1. The van der Waals surface area contributed by atoms with Crippen molar-refractivity contribution in [2.24, 2.45) is 0 Å². The third kappa shape index (κ3) is 2.56. The third-order valence-electron chi connectivity index (χ3n) is 2.52. The Morgan fingerprint density at radius 3 is 2.87 bits per heavy atom. The Morgan fingerprint density at radius 1 is 1.20 bits per heavy atom. The summed E-state index contributed by atoms with van der Waals surface area (Å²) < 4.78 is 3.42. The second-order valence-electron chi connectivity index (χ2n) is 3.61. The zero-order valence-corrected chi connectivity index (χ0v) is 10.8. The number of unbranched alkanes of at least 4 members (excludes halogenated alkanes) is 1. The summed E-state index contributed by atoms with van der Waals surface area (Å²) in [6, 6.07) is 8.54. The van der Waals surface area contributed by atoms with Crippen LogP contribution in [0, 0.1) is 0 Å². The van der Waals surface area contributed by atoms with Crippen LogP contribution in [0.1, 0.15) is 12.8 Å². The molecule has 0 atom stereocenters. The Kier molecular flexibility index (Phi) is 3.71. The third-order valence-corrected chi connectivity index (χ3v) is 3.28. The van der Waals surface area contributed by atoms with Crippen LogP contribution < -0.4 is 0 Å². The Hall–Kier alpha value is -0.470. The summed E-state index contributed by atoms with van der Waals surface area (Å²) in [7, 11) is 0. The van der Waals surface area contributed by atoms with E-state index in [0.29, 0.717) is 0 Å². The van der Waals surface area contributed by atoms with Gasteiger partial charge in [0.25, 0.3) is 0 Å². The Bertz CT molecular complexity index is 450. The average molecular weight is 287 g/mol. The van der Waals surface area contributed by atoms with Crippen molar-refractivity contribution in [1.29, 1.82) is 0 Å². The molecule has 0 unspecified atom stereocenters. The van der Waals surface area contributed by atoms with Crippen molar-refractivity contribution in [2.45, 2.75) is 19.4 Å². The number of nitrogens with zero attached hydrogens (tertiary/aromatic N) is 1. The summed E-state index contributed by atoms with van der Waals surface area (Å²) in [5, 5.41) is 1.29.